The van der Waals surface area contributed by atoms with Crippen LogP contribution in [-0.4, -0.2) is 29.8 Å². The summed E-state index contributed by atoms with van der Waals surface area (Å²) in [4.78, 5) is 27.4. The Kier molecular flexibility index (Phi) is 5.43. The van der Waals surface area contributed by atoms with E-state index in [4.69, 9.17) is 0 Å². The highest BCUT2D eigenvalue weighted by molar-refractivity contribution is 7.10. The lowest BCUT2D eigenvalue weighted by Crippen LogP contribution is -2.40. The summed E-state index contributed by atoms with van der Waals surface area (Å²) in [6.07, 6.45) is 4.88. The summed E-state index contributed by atoms with van der Waals surface area (Å²) in [6, 6.07) is 13.4. The number of hydrogen-bond donors (Lipinski definition) is 1. The molecule has 1 saturated heterocycles. The maximum Gasteiger partial charge on any atom is 0.246 e. The van der Waals surface area contributed by atoms with Crippen LogP contribution in [0, 0.1) is 5.92 Å². The number of para-hydroxylation sites is 1. The largest absolute Gasteiger partial charge is 0.339 e. The van der Waals surface area contributed by atoms with Gasteiger partial charge in [-0.15, -0.1) is 11.3 Å². The van der Waals surface area contributed by atoms with Crippen LogP contribution < -0.4 is 5.32 Å². The van der Waals surface area contributed by atoms with Gasteiger partial charge in [0.25, 0.3) is 0 Å². The van der Waals surface area contributed by atoms with Crippen LogP contribution in [0.4, 0.5) is 5.69 Å². The van der Waals surface area contributed by atoms with Gasteiger partial charge in [0.2, 0.25) is 11.8 Å². The second-order valence-corrected chi connectivity index (χ2v) is 6.78. The summed E-state index contributed by atoms with van der Waals surface area (Å²) in [5.41, 5.74) is 0.819. The fraction of sp³-hybridized carbons (Fsp3) is 0.263. The smallest absolute Gasteiger partial charge is 0.246 e. The summed E-state index contributed by atoms with van der Waals surface area (Å²) in [6.45, 7) is 1.25. The number of carbonyl (C=O) groups excluding carboxylic acids is 2. The zero-order valence-corrected chi connectivity index (χ0v) is 14.2. The van der Waals surface area contributed by atoms with E-state index in [9.17, 15) is 9.59 Å². The van der Waals surface area contributed by atoms with Crippen molar-refractivity contribution in [1.82, 2.24) is 4.90 Å². The van der Waals surface area contributed by atoms with Crippen LogP contribution in [0.25, 0.3) is 6.08 Å². The molecule has 2 aromatic rings. The highest BCUT2D eigenvalue weighted by Gasteiger charge is 2.26. The monoisotopic (exact) mass is 340 g/mol. The number of likely N-dealkylation sites (tertiary alicyclic amines) is 1. The first kappa shape index (κ1) is 16.5. The fourth-order valence-electron chi connectivity index (χ4n) is 2.77. The molecule has 0 atom stereocenters. The molecule has 0 spiro atoms. The molecule has 0 aliphatic carbocycles. The van der Waals surface area contributed by atoms with Crippen LogP contribution in [0.3, 0.4) is 0 Å². The van der Waals surface area contributed by atoms with Gasteiger partial charge < -0.3 is 10.2 Å². The Morgan fingerprint density at radius 3 is 2.50 bits per heavy atom. The van der Waals surface area contributed by atoms with Crippen molar-refractivity contribution in [2.45, 2.75) is 12.8 Å². The molecule has 0 radical (unpaired) electrons. The van der Waals surface area contributed by atoms with E-state index in [0.29, 0.717) is 25.9 Å². The molecule has 0 unspecified atom stereocenters. The first-order valence-electron chi connectivity index (χ1n) is 8.09. The van der Waals surface area contributed by atoms with Gasteiger partial charge in [-0.3, -0.25) is 9.59 Å². The third kappa shape index (κ3) is 4.32. The third-order valence-electron chi connectivity index (χ3n) is 4.15. The summed E-state index contributed by atoms with van der Waals surface area (Å²) in [7, 11) is 0. The van der Waals surface area contributed by atoms with Gasteiger partial charge in [0.15, 0.2) is 0 Å². The van der Waals surface area contributed by atoms with E-state index in [1.54, 1.807) is 17.4 Å². The Hall–Kier alpha value is -2.40. The third-order valence-corrected chi connectivity index (χ3v) is 4.99. The first-order valence-corrected chi connectivity index (χ1v) is 8.97. The number of nitrogens with zero attached hydrogens (tertiary/aromatic N) is 1. The minimum atomic E-state index is -0.0319. The molecular weight excluding hydrogens is 320 g/mol. The molecule has 124 valence electrons. The van der Waals surface area contributed by atoms with Crippen molar-refractivity contribution in [3.05, 3.63) is 58.8 Å². The van der Waals surface area contributed by atoms with Crippen LogP contribution in [0.2, 0.25) is 0 Å². The second kappa shape index (κ2) is 7.93. The zero-order valence-electron chi connectivity index (χ0n) is 13.4. The van der Waals surface area contributed by atoms with Crippen LogP contribution in [0.15, 0.2) is 53.9 Å². The lowest BCUT2D eigenvalue weighted by molar-refractivity contribution is -0.130. The number of rotatable bonds is 4. The maximum atomic E-state index is 12.3. The highest BCUT2D eigenvalue weighted by atomic mass is 32.1. The lowest BCUT2D eigenvalue weighted by Gasteiger charge is -2.30. The maximum absolute atomic E-state index is 12.3. The van der Waals surface area contributed by atoms with Crippen molar-refractivity contribution in [1.29, 1.82) is 0 Å². The molecule has 1 aliphatic heterocycles. The van der Waals surface area contributed by atoms with Crippen molar-refractivity contribution in [2.75, 3.05) is 18.4 Å². The normalized spacial score (nSPS) is 15.6. The van der Waals surface area contributed by atoms with Crippen LogP contribution in [0.1, 0.15) is 17.7 Å². The van der Waals surface area contributed by atoms with E-state index in [1.165, 1.54) is 0 Å². The number of anilines is 1. The van der Waals surface area contributed by atoms with Crippen LogP contribution in [0.5, 0.6) is 0 Å². The molecule has 1 aromatic heterocycles. The SMILES string of the molecule is O=C(Nc1ccccc1)C1CCN(C(=O)/C=C/c2cccs2)CC1. The van der Waals surface area contributed by atoms with Crippen molar-refractivity contribution < 1.29 is 9.59 Å². The summed E-state index contributed by atoms with van der Waals surface area (Å²) in [5.74, 6) is 0.0308. The molecule has 2 amide bonds. The molecule has 2 heterocycles. The van der Waals surface area contributed by atoms with Gasteiger partial charge in [0, 0.05) is 35.6 Å². The zero-order chi connectivity index (χ0) is 16.8. The highest BCUT2D eigenvalue weighted by Crippen LogP contribution is 2.20. The summed E-state index contributed by atoms with van der Waals surface area (Å²) >= 11 is 1.61. The minimum absolute atomic E-state index is 0.0188. The molecule has 1 fully saturated rings. The molecule has 4 nitrogen and oxygen atoms in total. The predicted octanol–water partition coefficient (Wildman–Crippen LogP) is 3.64. The van der Waals surface area contributed by atoms with Gasteiger partial charge >= 0.3 is 0 Å². The summed E-state index contributed by atoms with van der Waals surface area (Å²) < 4.78 is 0. The van der Waals surface area contributed by atoms with E-state index >= 15 is 0 Å². The average molecular weight is 340 g/mol. The van der Waals surface area contributed by atoms with Gasteiger partial charge in [0.05, 0.1) is 0 Å². The Bertz CT molecular complexity index is 702. The number of hydrogen-bond acceptors (Lipinski definition) is 3. The number of benzene rings is 1. The molecule has 1 aliphatic rings. The first-order chi connectivity index (χ1) is 11.7. The van der Waals surface area contributed by atoms with E-state index < -0.39 is 0 Å². The number of carbonyl (C=O) groups is 2. The Balaban J connectivity index is 1.48. The second-order valence-electron chi connectivity index (χ2n) is 5.80. The Morgan fingerprint density at radius 1 is 1.08 bits per heavy atom. The number of amides is 2. The fourth-order valence-corrected chi connectivity index (χ4v) is 3.39. The molecule has 1 N–H and O–H groups in total. The average Bonchev–Trinajstić information content (AvgIpc) is 3.14. The summed E-state index contributed by atoms with van der Waals surface area (Å²) in [5, 5.41) is 4.93. The standard InChI is InChI=1S/C19H20N2O2S/c22-18(9-8-17-7-4-14-24-17)21-12-10-15(11-13-21)19(23)20-16-5-2-1-3-6-16/h1-9,14-15H,10-13H2,(H,20,23)/b9-8+. The molecule has 0 bridgehead atoms. The van der Waals surface area contributed by atoms with Gasteiger partial charge in [-0.2, -0.15) is 0 Å². The molecule has 24 heavy (non-hydrogen) atoms. The van der Waals surface area contributed by atoms with Gasteiger partial charge in [-0.1, -0.05) is 24.3 Å². The Morgan fingerprint density at radius 2 is 1.83 bits per heavy atom. The number of nitrogens with one attached hydrogen (secondary N) is 1. The van der Waals surface area contributed by atoms with Crippen molar-refractivity contribution in [2.24, 2.45) is 5.92 Å². The van der Waals surface area contributed by atoms with Crippen LogP contribution in [-0.2, 0) is 9.59 Å². The van der Waals surface area contributed by atoms with Crippen molar-refractivity contribution in [3.63, 3.8) is 0 Å². The van der Waals surface area contributed by atoms with Crippen LogP contribution >= 0.6 is 11.3 Å². The molecule has 3 rings (SSSR count). The minimum Gasteiger partial charge on any atom is -0.339 e. The van der Waals surface area contributed by atoms with E-state index in [1.807, 2.05) is 58.8 Å². The predicted molar refractivity (Wildman–Crippen MR) is 97.7 cm³/mol. The lowest BCUT2D eigenvalue weighted by atomic mass is 9.95. The quantitative estimate of drug-likeness (QED) is 0.864. The Labute approximate surface area is 145 Å². The topological polar surface area (TPSA) is 49.4 Å². The molecule has 0 saturated carbocycles. The molecule has 5 heteroatoms. The molecular formula is C19H20N2O2S. The van der Waals surface area contributed by atoms with E-state index in [0.717, 1.165) is 10.6 Å². The van der Waals surface area contributed by atoms with Gasteiger partial charge in [-0.25, -0.2) is 0 Å². The van der Waals surface area contributed by atoms with E-state index in [-0.39, 0.29) is 17.7 Å². The molecule has 1 aromatic carbocycles. The van der Waals surface area contributed by atoms with Gasteiger partial charge in [-0.05, 0) is 42.5 Å². The van der Waals surface area contributed by atoms with Gasteiger partial charge in [0.1, 0.15) is 0 Å². The van der Waals surface area contributed by atoms with Crippen molar-refractivity contribution in [3.8, 4) is 0 Å². The number of piperidine rings is 1. The van der Waals surface area contributed by atoms with Crippen molar-refractivity contribution >= 4 is 34.9 Å². The van der Waals surface area contributed by atoms with E-state index in [2.05, 4.69) is 5.32 Å². The number of thiophene rings is 1.